The number of furan rings is 1. The molecule has 0 bridgehead atoms. The minimum Gasteiger partial charge on any atom is -0.397 e. The number of hydroxylamine groups is 1. The van der Waals surface area contributed by atoms with Gasteiger partial charge in [0, 0.05) is 6.08 Å². The Labute approximate surface area is 116 Å². The van der Waals surface area contributed by atoms with Gasteiger partial charge in [0.25, 0.3) is 0 Å². The quantitative estimate of drug-likeness (QED) is 0.455. The van der Waals surface area contributed by atoms with Crippen molar-refractivity contribution in [3.63, 3.8) is 0 Å². The van der Waals surface area contributed by atoms with E-state index in [-0.39, 0.29) is 11.6 Å². The lowest BCUT2D eigenvalue weighted by Crippen LogP contribution is -2.26. The van der Waals surface area contributed by atoms with Crippen LogP contribution in [0.1, 0.15) is 5.82 Å². The summed E-state index contributed by atoms with van der Waals surface area (Å²) in [4.78, 5) is 9.99. The van der Waals surface area contributed by atoms with Gasteiger partial charge in [-0.1, -0.05) is 0 Å². The fourth-order valence-electron chi connectivity index (χ4n) is 1.79. The Morgan fingerprint density at radius 3 is 3.00 bits per heavy atom. The van der Waals surface area contributed by atoms with Gasteiger partial charge in [-0.15, -0.1) is 10.2 Å². The highest BCUT2D eigenvalue weighted by Gasteiger charge is 2.23. The third-order valence-corrected chi connectivity index (χ3v) is 2.72. The fraction of sp³-hybridized carbons (Fsp3) is 0. The van der Waals surface area contributed by atoms with E-state index in [1.807, 2.05) is 5.48 Å². The summed E-state index contributed by atoms with van der Waals surface area (Å²) in [6.07, 6.45) is 2.75. The summed E-state index contributed by atoms with van der Waals surface area (Å²) in [5.74, 6) is 0.376. The molecule has 0 radical (unpaired) electrons. The van der Waals surface area contributed by atoms with Crippen LogP contribution in [0.5, 0.6) is 0 Å². The van der Waals surface area contributed by atoms with E-state index in [9.17, 15) is 10.1 Å². The van der Waals surface area contributed by atoms with Crippen LogP contribution < -0.4 is 16.6 Å². The van der Waals surface area contributed by atoms with Gasteiger partial charge >= 0.3 is 5.88 Å². The molecule has 11 nitrogen and oxygen atoms in total. The SMILES string of the molecule is NC1=Cc2nnc(-c3ccc([N+](=O)[O-])o3)n2NC1=CNO. The van der Waals surface area contributed by atoms with E-state index in [4.69, 9.17) is 15.4 Å². The van der Waals surface area contributed by atoms with Crippen LogP contribution in [0.2, 0.25) is 0 Å². The van der Waals surface area contributed by atoms with Gasteiger partial charge < -0.3 is 10.2 Å². The number of rotatable bonds is 3. The fourth-order valence-corrected chi connectivity index (χ4v) is 1.79. The van der Waals surface area contributed by atoms with Crippen molar-refractivity contribution in [1.82, 2.24) is 20.4 Å². The molecule has 0 unspecified atom stereocenters. The van der Waals surface area contributed by atoms with Crippen molar-refractivity contribution in [3.8, 4) is 11.6 Å². The molecule has 2 aromatic rings. The molecule has 1 aliphatic rings. The summed E-state index contributed by atoms with van der Waals surface area (Å²) in [6.45, 7) is 0. The molecule has 0 fully saturated rings. The Balaban J connectivity index is 2.04. The largest absolute Gasteiger partial charge is 0.433 e. The Hall–Kier alpha value is -3.34. The maximum absolute atomic E-state index is 10.6. The normalized spacial score (nSPS) is 15.3. The van der Waals surface area contributed by atoms with Crippen LogP contribution in [0.15, 0.2) is 34.1 Å². The van der Waals surface area contributed by atoms with Crippen molar-refractivity contribution < 1.29 is 14.5 Å². The first-order valence-electron chi connectivity index (χ1n) is 5.64. The molecule has 0 saturated heterocycles. The Kier molecular flexibility index (Phi) is 2.80. The zero-order chi connectivity index (χ0) is 15.0. The van der Waals surface area contributed by atoms with E-state index in [2.05, 4.69) is 15.6 Å². The van der Waals surface area contributed by atoms with E-state index in [1.165, 1.54) is 29.1 Å². The van der Waals surface area contributed by atoms with E-state index >= 15 is 0 Å². The summed E-state index contributed by atoms with van der Waals surface area (Å²) in [5.41, 5.74) is 11.1. The molecule has 21 heavy (non-hydrogen) atoms. The zero-order valence-corrected chi connectivity index (χ0v) is 10.3. The first kappa shape index (κ1) is 12.7. The number of hydrogen-bond acceptors (Lipinski definition) is 9. The minimum absolute atomic E-state index is 0.165. The topological polar surface area (TPSA) is 157 Å². The molecule has 3 rings (SSSR count). The van der Waals surface area contributed by atoms with E-state index < -0.39 is 10.8 Å². The second-order valence-corrected chi connectivity index (χ2v) is 4.01. The molecule has 11 heteroatoms. The molecule has 0 aromatic carbocycles. The smallest absolute Gasteiger partial charge is 0.397 e. The van der Waals surface area contributed by atoms with Crippen LogP contribution in [0.4, 0.5) is 5.88 Å². The molecule has 1 aliphatic heterocycles. The van der Waals surface area contributed by atoms with Crippen molar-refractivity contribution in [3.05, 3.63) is 45.7 Å². The van der Waals surface area contributed by atoms with Gasteiger partial charge in [0.05, 0.1) is 23.7 Å². The molecule has 0 aliphatic carbocycles. The Morgan fingerprint density at radius 2 is 2.33 bits per heavy atom. The summed E-state index contributed by atoms with van der Waals surface area (Å²) >= 11 is 0. The maximum Gasteiger partial charge on any atom is 0.433 e. The minimum atomic E-state index is -0.649. The van der Waals surface area contributed by atoms with Gasteiger partial charge in [0.2, 0.25) is 5.82 Å². The van der Waals surface area contributed by atoms with Gasteiger partial charge in [-0.25, -0.2) is 4.68 Å². The zero-order valence-electron chi connectivity index (χ0n) is 10.3. The second kappa shape index (κ2) is 4.64. The molecule has 0 atom stereocenters. The van der Waals surface area contributed by atoms with Crippen LogP contribution in [-0.2, 0) is 0 Å². The molecular formula is C10H9N7O4. The molecule has 108 valence electrons. The number of hydrogen-bond donors (Lipinski definition) is 4. The number of nitro groups is 1. The predicted octanol–water partition coefficient (Wildman–Crippen LogP) is 0.123. The van der Waals surface area contributed by atoms with Crippen LogP contribution >= 0.6 is 0 Å². The molecule has 0 saturated carbocycles. The van der Waals surface area contributed by atoms with Crippen molar-refractivity contribution in [2.75, 3.05) is 5.43 Å². The van der Waals surface area contributed by atoms with Crippen molar-refractivity contribution in [2.45, 2.75) is 0 Å². The van der Waals surface area contributed by atoms with Crippen LogP contribution in [0.25, 0.3) is 17.7 Å². The van der Waals surface area contributed by atoms with Gasteiger partial charge in [0.1, 0.15) is 4.92 Å². The summed E-state index contributed by atoms with van der Waals surface area (Å²) in [7, 11) is 0. The number of nitrogens with one attached hydrogen (secondary N) is 2. The standard InChI is InChI=1S/C10H9N7O4/c11-5-3-8-13-14-10(16(8)15-6(5)4-12-18)7-1-2-9(21-7)17(19)20/h1-4,12,15,18H,11H2. The predicted molar refractivity (Wildman–Crippen MR) is 68.9 cm³/mol. The van der Waals surface area contributed by atoms with Gasteiger partial charge in [-0.2, -0.15) is 0 Å². The van der Waals surface area contributed by atoms with Crippen LogP contribution in [0, 0.1) is 10.1 Å². The monoisotopic (exact) mass is 291 g/mol. The third kappa shape index (κ3) is 2.06. The molecule has 2 aromatic heterocycles. The summed E-state index contributed by atoms with van der Waals surface area (Å²) in [5, 5.41) is 27.1. The Bertz CT molecular complexity index is 772. The van der Waals surface area contributed by atoms with E-state index in [0.717, 1.165) is 0 Å². The highest BCUT2D eigenvalue weighted by atomic mass is 16.6. The first-order chi connectivity index (χ1) is 10.1. The molecule has 0 amide bonds. The molecule has 3 heterocycles. The molecule has 0 spiro atoms. The first-order valence-corrected chi connectivity index (χ1v) is 5.64. The lowest BCUT2D eigenvalue weighted by molar-refractivity contribution is -0.401. The summed E-state index contributed by atoms with van der Waals surface area (Å²) < 4.78 is 6.50. The average Bonchev–Trinajstić information content (AvgIpc) is 3.05. The second-order valence-electron chi connectivity index (χ2n) is 4.01. The van der Waals surface area contributed by atoms with E-state index in [1.54, 1.807) is 0 Å². The van der Waals surface area contributed by atoms with Crippen molar-refractivity contribution in [1.29, 1.82) is 0 Å². The number of aromatic nitrogens is 3. The summed E-state index contributed by atoms with van der Waals surface area (Å²) in [6, 6.07) is 2.63. The van der Waals surface area contributed by atoms with Gasteiger partial charge in [0.15, 0.2) is 11.6 Å². The van der Waals surface area contributed by atoms with Crippen LogP contribution in [0.3, 0.4) is 0 Å². The van der Waals surface area contributed by atoms with Crippen LogP contribution in [-0.4, -0.2) is 25.0 Å². The van der Waals surface area contributed by atoms with Crippen molar-refractivity contribution >= 4 is 12.0 Å². The maximum atomic E-state index is 10.6. The number of nitrogens with zero attached hydrogens (tertiary/aromatic N) is 4. The highest BCUT2D eigenvalue weighted by Crippen LogP contribution is 2.26. The van der Waals surface area contributed by atoms with Gasteiger partial charge in [-0.3, -0.25) is 26.2 Å². The lowest BCUT2D eigenvalue weighted by atomic mass is 10.3. The van der Waals surface area contributed by atoms with E-state index in [0.29, 0.717) is 17.2 Å². The number of nitrogens with two attached hydrogens (primary N) is 1. The number of fused-ring (bicyclic) bond motifs is 1. The third-order valence-electron chi connectivity index (χ3n) is 2.72. The Morgan fingerprint density at radius 1 is 1.52 bits per heavy atom. The average molecular weight is 291 g/mol. The highest BCUT2D eigenvalue weighted by molar-refractivity contribution is 5.61. The van der Waals surface area contributed by atoms with Gasteiger partial charge in [-0.05, 0) is 6.07 Å². The molecular weight excluding hydrogens is 282 g/mol. The molecule has 5 N–H and O–H groups in total. The lowest BCUT2D eigenvalue weighted by Gasteiger charge is -2.18. The van der Waals surface area contributed by atoms with Crippen molar-refractivity contribution in [2.24, 2.45) is 5.73 Å².